The van der Waals surface area contributed by atoms with Gasteiger partial charge in [-0.05, 0) is 54.0 Å². The number of benzene rings is 2. The SMILES string of the molecule is CCCCCCOc1ccc(/C=C(\C#N)C(=O)Nc2ncc(Cc3cc(C(F)(F)F)ccc3Cl)s2)cc1. The number of aromatic nitrogens is 1. The van der Waals surface area contributed by atoms with Crippen molar-refractivity contribution in [2.45, 2.75) is 45.2 Å². The van der Waals surface area contributed by atoms with Gasteiger partial charge in [0.15, 0.2) is 5.13 Å². The molecule has 0 saturated heterocycles. The Balaban J connectivity index is 1.61. The Hall–Kier alpha value is -3.35. The van der Waals surface area contributed by atoms with Crippen molar-refractivity contribution in [1.29, 1.82) is 5.26 Å². The van der Waals surface area contributed by atoms with E-state index < -0.39 is 17.6 Å². The molecule has 0 atom stereocenters. The Kier molecular flexibility index (Phi) is 10.1. The predicted octanol–water partition coefficient (Wildman–Crippen LogP) is 7.91. The predicted molar refractivity (Wildman–Crippen MR) is 140 cm³/mol. The number of anilines is 1. The molecule has 0 spiro atoms. The van der Waals surface area contributed by atoms with Crippen LogP contribution in [0.15, 0.2) is 54.2 Å². The summed E-state index contributed by atoms with van der Waals surface area (Å²) in [4.78, 5) is 17.3. The molecule has 1 heterocycles. The normalized spacial score (nSPS) is 11.7. The number of unbranched alkanes of at least 4 members (excludes halogenated alkanes) is 3. The lowest BCUT2D eigenvalue weighted by Crippen LogP contribution is -2.13. The largest absolute Gasteiger partial charge is 0.494 e. The molecule has 0 saturated carbocycles. The smallest absolute Gasteiger partial charge is 0.416 e. The van der Waals surface area contributed by atoms with E-state index in [0.717, 1.165) is 42.7 Å². The first kappa shape index (κ1) is 28.2. The van der Waals surface area contributed by atoms with Crippen LogP contribution in [0.1, 0.15) is 54.2 Å². The fraction of sp³-hybridized carbons (Fsp3) is 0.296. The van der Waals surface area contributed by atoms with E-state index >= 15 is 0 Å². The maximum Gasteiger partial charge on any atom is 0.416 e. The maximum atomic E-state index is 13.0. The van der Waals surface area contributed by atoms with Crippen LogP contribution in [0.2, 0.25) is 5.02 Å². The number of halogens is 4. The van der Waals surface area contributed by atoms with E-state index in [1.807, 2.05) is 6.07 Å². The van der Waals surface area contributed by atoms with Crippen LogP contribution in [0.5, 0.6) is 5.75 Å². The summed E-state index contributed by atoms with van der Waals surface area (Å²) in [7, 11) is 0. The van der Waals surface area contributed by atoms with Crippen molar-refractivity contribution < 1.29 is 22.7 Å². The van der Waals surface area contributed by atoms with Gasteiger partial charge in [-0.15, -0.1) is 11.3 Å². The maximum absolute atomic E-state index is 13.0. The zero-order valence-electron chi connectivity index (χ0n) is 20.1. The van der Waals surface area contributed by atoms with Crippen molar-refractivity contribution in [1.82, 2.24) is 4.98 Å². The number of carbonyl (C=O) groups excluding carboxylic acids is 1. The van der Waals surface area contributed by atoms with Crippen molar-refractivity contribution in [2.24, 2.45) is 0 Å². The van der Waals surface area contributed by atoms with Gasteiger partial charge in [-0.2, -0.15) is 18.4 Å². The Labute approximate surface area is 222 Å². The molecule has 3 rings (SSSR count). The molecule has 0 unspecified atom stereocenters. The van der Waals surface area contributed by atoms with Crippen molar-refractivity contribution in [2.75, 3.05) is 11.9 Å². The van der Waals surface area contributed by atoms with Crippen LogP contribution in [0.25, 0.3) is 6.08 Å². The molecule has 10 heteroatoms. The minimum Gasteiger partial charge on any atom is -0.494 e. The Morgan fingerprint density at radius 1 is 1.19 bits per heavy atom. The van der Waals surface area contributed by atoms with Crippen LogP contribution >= 0.6 is 22.9 Å². The van der Waals surface area contributed by atoms with Crippen LogP contribution in [-0.4, -0.2) is 17.5 Å². The summed E-state index contributed by atoms with van der Waals surface area (Å²) in [5.41, 5.74) is 0.0410. The second-order valence-electron chi connectivity index (χ2n) is 8.21. The number of ether oxygens (including phenoxy) is 1. The van der Waals surface area contributed by atoms with Crippen LogP contribution < -0.4 is 10.1 Å². The van der Waals surface area contributed by atoms with Gasteiger partial charge in [-0.3, -0.25) is 10.1 Å². The molecule has 0 aliphatic carbocycles. The number of nitrogens with one attached hydrogen (secondary N) is 1. The first-order chi connectivity index (χ1) is 17.7. The molecule has 1 amide bonds. The van der Waals surface area contributed by atoms with Crippen LogP contribution in [0.3, 0.4) is 0 Å². The Morgan fingerprint density at radius 2 is 1.95 bits per heavy atom. The number of hydrogen-bond acceptors (Lipinski definition) is 5. The fourth-order valence-corrected chi connectivity index (χ4v) is 4.40. The van der Waals surface area contributed by atoms with Crippen molar-refractivity contribution in [3.63, 3.8) is 0 Å². The fourth-order valence-electron chi connectivity index (χ4n) is 3.38. The van der Waals surface area contributed by atoms with Gasteiger partial charge in [0.2, 0.25) is 0 Å². The summed E-state index contributed by atoms with van der Waals surface area (Å²) in [5, 5.41) is 12.5. The zero-order chi connectivity index (χ0) is 26.8. The highest BCUT2D eigenvalue weighted by molar-refractivity contribution is 7.15. The molecule has 0 aliphatic heterocycles. The summed E-state index contributed by atoms with van der Waals surface area (Å²) in [6, 6.07) is 12.1. The number of nitriles is 1. The number of carbonyl (C=O) groups is 1. The Bertz CT molecular complexity index is 1280. The molecule has 0 bridgehead atoms. The van der Waals surface area contributed by atoms with Crippen molar-refractivity contribution in [3.8, 4) is 11.8 Å². The lowest BCUT2D eigenvalue weighted by atomic mass is 10.1. The zero-order valence-corrected chi connectivity index (χ0v) is 21.6. The van der Waals surface area contributed by atoms with E-state index in [1.54, 1.807) is 24.3 Å². The number of amides is 1. The minimum atomic E-state index is -4.48. The highest BCUT2D eigenvalue weighted by atomic mass is 35.5. The van der Waals surface area contributed by atoms with Crippen LogP contribution in [0, 0.1) is 11.3 Å². The molecule has 1 N–H and O–H groups in total. The van der Waals surface area contributed by atoms with Crippen molar-refractivity contribution >= 4 is 40.1 Å². The van der Waals surface area contributed by atoms with E-state index in [9.17, 15) is 23.2 Å². The molecular formula is C27H25ClF3N3O2S. The highest BCUT2D eigenvalue weighted by Gasteiger charge is 2.31. The molecule has 194 valence electrons. The third-order valence-electron chi connectivity index (χ3n) is 5.33. The second kappa shape index (κ2) is 13.3. The number of nitrogens with zero attached hydrogens (tertiary/aromatic N) is 2. The molecule has 1 aromatic heterocycles. The topological polar surface area (TPSA) is 75.0 Å². The molecule has 2 aromatic carbocycles. The van der Waals surface area contributed by atoms with E-state index in [0.29, 0.717) is 28.4 Å². The minimum absolute atomic E-state index is 0.115. The van der Waals surface area contributed by atoms with Gasteiger partial charge in [0.25, 0.3) is 5.91 Å². The third-order valence-corrected chi connectivity index (χ3v) is 6.62. The monoisotopic (exact) mass is 547 g/mol. The summed E-state index contributed by atoms with van der Waals surface area (Å²) in [6.45, 7) is 2.79. The molecule has 37 heavy (non-hydrogen) atoms. The lowest BCUT2D eigenvalue weighted by molar-refractivity contribution is -0.137. The van der Waals surface area contributed by atoms with Gasteiger partial charge in [0.05, 0.1) is 12.2 Å². The molecule has 3 aromatic rings. The van der Waals surface area contributed by atoms with Gasteiger partial charge < -0.3 is 4.74 Å². The summed E-state index contributed by atoms with van der Waals surface area (Å²) in [6.07, 6.45) is 2.99. The van der Waals surface area contributed by atoms with Gasteiger partial charge in [-0.25, -0.2) is 4.98 Å². The third kappa shape index (κ3) is 8.62. The summed E-state index contributed by atoms with van der Waals surface area (Å²) >= 11 is 7.16. The molecule has 0 aliphatic rings. The van der Waals surface area contributed by atoms with E-state index in [2.05, 4.69) is 17.2 Å². The molecule has 0 fully saturated rings. The summed E-state index contributed by atoms with van der Waals surface area (Å²) in [5.74, 6) is 0.0737. The number of hydrogen-bond donors (Lipinski definition) is 1. The molecule has 5 nitrogen and oxygen atoms in total. The van der Waals surface area contributed by atoms with Gasteiger partial charge in [0.1, 0.15) is 17.4 Å². The number of thiazole rings is 1. The average Bonchev–Trinajstić information content (AvgIpc) is 3.30. The van der Waals surface area contributed by atoms with Gasteiger partial charge >= 0.3 is 6.18 Å². The Morgan fingerprint density at radius 3 is 2.62 bits per heavy atom. The standard InChI is InChI=1S/C27H25ClF3N3O2S/c1-2-3-4-5-12-36-22-9-6-18(7-10-22)13-20(16-32)25(35)34-26-33-17-23(37-26)15-19-14-21(27(29,30)31)8-11-24(19)28/h6-11,13-14,17H,2-5,12,15H2,1H3,(H,33,34,35)/b20-13+. The van der Waals surface area contributed by atoms with Gasteiger partial charge in [0, 0.05) is 22.5 Å². The van der Waals surface area contributed by atoms with E-state index in [4.69, 9.17) is 16.3 Å². The van der Waals surface area contributed by atoms with Crippen LogP contribution in [0.4, 0.5) is 18.3 Å². The summed E-state index contributed by atoms with van der Waals surface area (Å²) < 4.78 is 44.8. The lowest BCUT2D eigenvalue weighted by Gasteiger charge is -2.09. The van der Waals surface area contributed by atoms with Gasteiger partial charge in [-0.1, -0.05) is 49.9 Å². The van der Waals surface area contributed by atoms with Crippen molar-refractivity contribution in [3.05, 3.63) is 80.8 Å². The average molecular weight is 548 g/mol. The quantitative estimate of drug-likeness (QED) is 0.150. The number of alkyl halides is 3. The first-order valence-electron chi connectivity index (χ1n) is 11.7. The second-order valence-corrected chi connectivity index (χ2v) is 9.74. The molecular weight excluding hydrogens is 523 g/mol. The first-order valence-corrected chi connectivity index (χ1v) is 12.9. The molecule has 0 radical (unpaired) electrons. The number of rotatable bonds is 11. The highest BCUT2D eigenvalue weighted by Crippen LogP contribution is 2.33. The van der Waals surface area contributed by atoms with Crippen LogP contribution in [-0.2, 0) is 17.4 Å². The van der Waals surface area contributed by atoms with E-state index in [1.165, 1.54) is 24.8 Å². The van der Waals surface area contributed by atoms with E-state index in [-0.39, 0.29) is 22.1 Å².